The first-order chi connectivity index (χ1) is 13.0. The van der Waals surface area contributed by atoms with E-state index in [-0.39, 0.29) is 29.8 Å². The van der Waals surface area contributed by atoms with Crippen LogP contribution in [0.4, 0.5) is 0 Å². The fraction of sp³-hybridized carbons (Fsp3) is 0.611. The van der Waals surface area contributed by atoms with Crippen molar-refractivity contribution in [2.75, 3.05) is 19.6 Å². The maximum absolute atomic E-state index is 12.7. The summed E-state index contributed by atoms with van der Waals surface area (Å²) < 4.78 is 2.83. The Balaban J connectivity index is 1.40. The molecule has 144 valence electrons. The van der Waals surface area contributed by atoms with Gasteiger partial charge < -0.3 is 10.2 Å². The lowest BCUT2D eigenvalue weighted by atomic mass is 9.97. The number of nitrogens with zero attached hydrogens (tertiary/aromatic N) is 5. The van der Waals surface area contributed by atoms with E-state index < -0.39 is 0 Å². The van der Waals surface area contributed by atoms with Crippen molar-refractivity contribution >= 4 is 22.8 Å². The third kappa shape index (κ3) is 3.72. The molecule has 27 heavy (non-hydrogen) atoms. The maximum atomic E-state index is 12.7. The van der Waals surface area contributed by atoms with Crippen LogP contribution in [0.3, 0.4) is 0 Å². The molecule has 1 saturated carbocycles. The average molecular weight is 372 g/mol. The number of hydrogen-bond donors (Lipinski definition) is 1. The molecule has 2 aliphatic rings. The normalized spacial score (nSPS) is 20.0. The Morgan fingerprint density at radius 3 is 2.89 bits per heavy atom. The summed E-state index contributed by atoms with van der Waals surface area (Å²) >= 11 is 0. The fourth-order valence-electron chi connectivity index (χ4n) is 3.55. The van der Waals surface area contributed by atoms with E-state index in [2.05, 4.69) is 15.4 Å². The number of piperidine rings is 1. The molecule has 2 amide bonds. The average Bonchev–Trinajstić information content (AvgIpc) is 3.43. The molecule has 1 aliphatic carbocycles. The van der Waals surface area contributed by atoms with Crippen LogP contribution in [0, 0.1) is 11.8 Å². The molecule has 3 heterocycles. The zero-order chi connectivity index (χ0) is 19.0. The number of aryl methyl sites for hydroxylation is 1. The molecule has 0 spiro atoms. The lowest BCUT2D eigenvalue weighted by Crippen LogP contribution is -2.47. The van der Waals surface area contributed by atoms with Crippen LogP contribution in [-0.2, 0) is 23.2 Å². The summed E-state index contributed by atoms with van der Waals surface area (Å²) in [6, 6.07) is 0. The number of carbonyl (C=O) groups excluding carboxylic acids is 2. The lowest BCUT2D eigenvalue weighted by molar-refractivity contribution is -0.136. The lowest BCUT2D eigenvalue weighted by Gasteiger charge is -2.32. The molecule has 1 aliphatic heterocycles. The zero-order valence-electron chi connectivity index (χ0n) is 15.4. The van der Waals surface area contributed by atoms with Gasteiger partial charge in [-0.3, -0.25) is 23.6 Å². The number of amides is 2. The van der Waals surface area contributed by atoms with E-state index in [0.29, 0.717) is 30.0 Å². The number of rotatable bonds is 5. The molecular weight excluding hydrogens is 348 g/mol. The van der Waals surface area contributed by atoms with E-state index in [4.69, 9.17) is 0 Å². The number of likely N-dealkylation sites (tertiary alicyclic amines) is 1. The van der Waals surface area contributed by atoms with E-state index in [1.807, 2.05) is 0 Å². The Kier molecular flexibility index (Phi) is 4.67. The Morgan fingerprint density at radius 1 is 1.30 bits per heavy atom. The monoisotopic (exact) mass is 372 g/mol. The molecule has 0 aromatic carbocycles. The second-order valence-corrected chi connectivity index (χ2v) is 7.55. The van der Waals surface area contributed by atoms with Crippen molar-refractivity contribution < 1.29 is 9.59 Å². The van der Waals surface area contributed by atoms with Crippen molar-refractivity contribution in [2.45, 2.75) is 32.2 Å². The first-order valence-electron chi connectivity index (χ1n) is 9.45. The smallest absolute Gasteiger partial charge is 0.264 e. The van der Waals surface area contributed by atoms with Gasteiger partial charge in [0.25, 0.3) is 5.56 Å². The van der Waals surface area contributed by atoms with Crippen LogP contribution in [-0.4, -0.2) is 55.7 Å². The van der Waals surface area contributed by atoms with Gasteiger partial charge in [0.05, 0.1) is 12.1 Å². The van der Waals surface area contributed by atoms with Crippen LogP contribution in [0.5, 0.6) is 0 Å². The first kappa shape index (κ1) is 17.7. The standard InChI is InChI=1S/C18H24N6O3/c1-22-16-14(8-21-22)18(27)24(11-20-16)10-15(25)23-6-2-3-13(9-23)17(26)19-7-12-4-5-12/h8,11-13H,2-7,9-10H2,1H3,(H,19,26)/t13-/m0/s1. The van der Waals surface area contributed by atoms with Gasteiger partial charge in [-0.2, -0.15) is 5.10 Å². The molecule has 9 nitrogen and oxygen atoms in total. The molecule has 1 saturated heterocycles. The summed E-state index contributed by atoms with van der Waals surface area (Å²) in [5.74, 6) is 0.339. The van der Waals surface area contributed by atoms with E-state index in [9.17, 15) is 14.4 Å². The van der Waals surface area contributed by atoms with Crippen molar-refractivity contribution in [3.05, 3.63) is 22.9 Å². The van der Waals surface area contributed by atoms with E-state index >= 15 is 0 Å². The van der Waals surface area contributed by atoms with Gasteiger partial charge in [-0.25, -0.2) is 4.98 Å². The summed E-state index contributed by atoms with van der Waals surface area (Å²) in [7, 11) is 1.71. The van der Waals surface area contributed by atoms with E-state index in [1.54, 1.807) is 11.9 Å². The summed E-state index contributed by atoms with van der Waals surface area (Å²) in [5, 5.41) is 7.43. The minimum Gasteiger partial charge on any atom is -0.356 e. The highest BCUT2D eigenvalue weighted by Crippen LogP contribution is 2.28. The molecule has 0 radical (unpaired) electrons. The molecule has 2 aromatic heterocycles. The highest BCUT2D eigenvalue weighted by atomic mass is 16.2. The van der Waals surface area contributed by atoms with Crippen LogP contribution >= 0.6 is 0 Å². The number of hydrogen-bond acceptors (Lipinski definition) is 5. The molecular formula is C18H24N6O3. The first-order valence-corrected chi connectivity index (χ1v) is 9.45. The predicted molar refractivity (Wildman–Crippen MR) is 97.8 cm³/mol. The molecule has 2 fully saturated rings. The fourth-order valence-corrected chi connectivity index (χ4v) is 3.55. The van der Waals surface area contributed by atoms with Crippen LogP contribution in [0.15, 0.2) is 17.3 Å². The second kappa shape index (κ2) is 7.13. The van der Waals surface area contributed by atoms with Gasteiger partial charge in [-0.1, -0.05) is 0 Å². The molecule has 0 unspecified atom stereocenters. The minimum absolute atomic E-state index is 0.0370. The summed E-state index contributed by atoms with van der Waals surface area (Å²) in [6.07, 6.45) is 6.82. The van der Waals surface area contributed by atoms with Gasteiger partial charge in [-0.05, 0) is 31.6 Å². The van der Waals surface area contributed by atoms with E-state index in [1.165, 1.54) is 34.6 Å². The Labute approximate surface area is 156 Å². The highest BCUT2D eigenvalue weighted by Gasteiger charge is 2.30. The number of carbonyl (C=O) groups is 2. The quantitative estimate of drug-likeness (QED) is 0.789. The van der Waals surface area contributed by atoms with Crippen LogP contribution in [0.25, 0.3) is 11.0 Å². The third-order valence-electron chi connectivity index (χ3n) is 5.43. The topological polar surface area (TPSA) is 102 Å². The minimum atomic E-state index is -0.280. The summed E-state index contributed by atoms with van der Waals surface area (Å²) in [5.41, 5.74) is 0.214. The van der Waals surface area contributed by atoms with Crippen molar-refractivity contribution in [1.29, 1.82) is 0 Å². The Bertz CT molecular complexity index is 929. The molecule has 4 rings (SSSR count). The Hall–Kier alpha value is -2.71. The Morgan fingerprint density at radius 2 is 2.11 bits per heavy atom. The third-order valence-corrected chi connectivity index (χ3v) is 5.43. The molecule has 1 N–H and O–H groups in total. The number of nitrogens with one attached hydrogen (secondary N) is 1. The van der Waals surface area contributed by atoms with Gasteiger partial charge >= 0.3 is 0 Å². The molecule has 9 heteroatoms. The largest absolute Gasteiger partial charge is 0.356 e. The number of aromatic nitrogens is 4. The van der Waals surface area contributed by atoms with Gasteiger partial charge in [-0.15, -0.1) is 0 Å². The zero-order valence-corrected chi connectivity index (χ0v) is 15.4. The van der Waals surface area contributed by atoms with Gasteiger partial charge in [0, 0.05) is 26.7 Å². The van der Waals surface area contributed by atoms with Crippen LogP contribution in [0.1, 0.15) is 25.7 Å². The van der Waals surface area contributed by atoms with Gasteiger partial charge in [0.2, 0.25) is 11.8 Å². The van der Waals surface area contributed by atoms with Crippen LogP contribution in [0.2, 0.25) is 0 Å². The van der Waals surface area contributed by atoms with E-state index in [0.717, 1.165) is 19.4 Å². The van der Waals surface area contributed by atoms with Crippen molar-refractivity contribution in [3.63, 3.8) is 0 Å². The maximum Gasteiger partial charge on any atom is 0.264 e. The predicted octanol–water partition coefficient (Wildman–Crippen LogP) is -0.105. The van der Waals surface area contributed by atoms with Crippen molar-refractivity contribution in [3.8, 4) is 0 Å². The second-order valence-electron chi connectivity index (χ2n) is 7.55. The number of fused-ring (bicyclic) bond motifs is 1. The SMILES string of the molecule is Cn1ncc2c(=O)n(CC(=O)N3CCC[C@H](C(=O)NCC4CC4)C3)cnc21. The summed E-state index contributed by atoms with van der Waals surface area (Å²) in [6.45, 7) is 1.69. The van der Waals surface area contributed by atoms with Crippen molar-refractivity contribution in [2.24, 2.45) is 18.9 Å². The molecule has 1 atom stereocenters. The highest BCUT2D eigenvalue weighted by molar-refractivity contribution is 5.81. The summed E-state index contributed by atoms with van der Waals surface area (Å²) in [4.78, 5) is 43.5. The van der Waals surface area contributed by atoms with Gasteiger partial charge in [0.15, 0.2) is 5.65 Å². The molecule has 0 bridgehead atoms. The molecule has 2 aromatic rings. The van der Waals surface area contributed by atoms with Gasteiger partial charge in [0.1, 0.15) is 18.3 Å². The van der Waals surface area contributed by atoms with Crippen LogP contribution < -0.4 is 10.9 Å². The van der Waals surface area contributed by atoms with Crippen molar-refractivity contribution in [1.82, 2.24) is 29.5 Å².